The minimum atomic E-state index is -0.892. The van der Waals surface area contributed by atoms with Crippen molar-refractivity contribution in [1.82, 2.24) is 4.90 Å². The van der Waals surface area contributed by atoms with Gasteiger partial charge in [-0.3, -0.25) is 4.79 Å². The Bertz CT molecular complexity index is 730. The van der Waals surface area contributed by atoms with Gasteiger partial charge in [0.05, 0.1) is 5.60 Å². The minimum Gasteiger partial charge on any atom is -0.504 e. The zero-order valence-electron chi connectivity index (χ0n) is 12.6. The second-order valence-electron chi connectivity index (χ2n) is 7.35. The van der Waals surface area contributed by atoms with Crippen LogP contribution >= 0.6 is 0 Å². The molecule has 0 unspecified atom stereocenters. The molecule has 0 aromatic heterocycles. The summed E-state index contributed by atoms with van der Waals surface area (Å²) in [6.07, 6.45) is 2.80. The molecule has 3 atom stereocenters. The summed E-state index contributed by atoms with van der Waals surface area (Å²) < 4.78 is 5.47. The standard InChI is InChI=1S/C17H19NO4/c1-18-5-4-16-8-9(19)2-3-17(16,21)13(18)6-10-11(16)7-12(20)15-14(10)22-15/h7,13,20-21H,2-6,8H2,1H3/t13-,16-,17-/m1/s1. The number of likely N-dealkylation sites (tertiary alicyclic amines) is 1. The highest BCUT2D eigenvalue weighted by Crippen LogP contribution is 2.64. The number of ether oxygens (including phenoxy) is 1. The molecule has 1 saturated heterocycles. The summed E-state index contributed by atoms with van der Waals surface area (Å²) in [4.78, 5) is 14.4. The van der Waals surface area contributed by atoms with Crippen LogP contribution in [0.15, 0.2) is 6.07 Å². The predicted octanol–water partition coefficient (Wildman–Crippen LogP) is 1.48. The van der Waals surface area contributed by atoms with Gasteiger partial charge in [0, 0.05) is 29.9 Å². The number of hydrogen-bond donors (Lipinski definition) is 2. The Balaban J connectivity index is 1.80. The van der Waals surface area contributed by atoms with Gasteiger partial charge in [0.25, 0.3) is 0 Å². The fourth-order valence-electron chi connectivity index (χ4n) is 5.29. The van der Waals surface area contributed by atoms with Crippen molar-refractivity contribution in [3.8, 4) is 17.2 Å². The normalized spacial score (nSPS) is 38.6. The summed E-state index contributed by atoms with van der Waals surface area (Å²) >= 11 is 0. The monoisotopic (exact) mass is 301 g/mol. The van der Waals surface area contributed by atoms with Crippen molar-refractivity contribution >= 4 is 5.78 Å². The van der Waals surface area contributed by atoms with Gasteiger partial charge in [0.15, 0.2) is 11.5 Å². The number of ketones is 1. The lowest BCUT2D eigenvalue weighted by molar-refractivity contribution is -0.168. The third kappa shape index (κ3) is 1.27. The number of aliphatic hydroxyl groups is 1. The highest BCUT2D eigenvalue weighted by molar-refractivity contribution is 5.83. The molecule has 4 aliphatic rings. The van der Waals surface area contributed by atoms with E-state index in [4.69, 9.17) is 4.74 Å². The van der Waals surface area contributed by atoms with Crippen molar-refractivity contribution in [3.63, 3.8) is 0 Å². The molecule has 2 N–H and O–H groups in total. The van der Waals surface area contributed by atoms with Crippen LogP contribution in [0.4, 0.5) is 0 Å². The van der Waals surface area contributed by atoms with Crippen LogP contribution in [-0.4, -0.2) is 46.1 Å². The molecular formula is C17H19NO4. The molecule has 1 aromatic carbocycles. The lowest BCUT2D eigenvalue weighted by atomic mass is 9.49. The third-order valence-electron chi connectivity index (χ3n) is 6.48. The van der Waals surface area contributed by atoms with Gasteiger partial charge in [-0.2, -0.15) is 0 Å². The van der Waals surface area contributed by atoms with Crippen LogP contribution < -0.4 is 4.74 Å². The van der Waals surface area contributed by atoms with Crippen molar-refractivity contribution in [3.05, 3.63) is 17.2 Å². The van der Waals surface area contributed by atoms with Crippen LogP contribution in [0.2, 0.25) is 0 Å². The summed E-state index contributed by atoms with van der Waals surface area (Å²) in [5.74, 6) is 1.70. The van der Waals surface area contributed by atoms with Crippen LogP contribution in [0.3, 0.4) is 0 Å². The number of benzene rings is 1. The Hall–Kier alpha value is -1.59. The first-order valence-electron chi connectivity index (χ1n) is 7.98. The summed E-state index contributed by atoms with van der Waals surface area (Å²) in [5.41, 5.74) is 0.576. The molecule has 0 radical (unpaired) electrons. The first-order valence-corrected chi connectivity index (χ1v) is 7.98. The maximum absolute atomic E-state index is 12.2. The van der Waals surface area contributed by atoms with E-state index in [2.05, 4.69) is 4.90 Å². The minimum absolute atomic E-state index is 0.0136. The number of phenolic OH excluding ortho intramolecular Hbond substituents is 1. The van der Waals surface area contributed by atoms with E-state index in [0.29, 0.717) is 25.0 Å². The third-order valence-corrected chi connectivity index (χ3v) is 6.48. The molecule has 1 aromatic rings. The number of phenols is 1. The number of likely N-dealkylation sites (N-methyl/N-ethyl adjacent to an activating group) is 1. The van der Waals surface area contributed by atoms with E-state index in [1.807, 2.05) is 7.05 Å². The maximum Gasteiger partial charge on any atom is 0.211 e. The Morgan fingerprint density at radius 3 is 3.00 bits per heavy atom. The van der Waals surface area contributed by atoms with E-state index >= 15 is 0 Å². The molecule has 5 rings (SSSR count). The summed E-state index contributed by atoms with van der Waals surface area (Å²) in [5, 5.41) is 21.7. The molecule has 22 heavy (non-hydrogen) atoms. The second kappa shape index (κ2) is 3.66. The summed E-state index contributed by atoms with van der Waals surface area (Å²) in [7, 11) is 2.05. The lowest BCUT2D eigenvalue weighted by Crippen LogP contribution is -2.72. The Kier molecular flexibility index (Phi) is 2.15. The molecular weight excluding hydrogens is 282 g/mol. The lowest BCUT2D eigenvalue weighted by Gasteiger charge is -2.62. The van der Waals surface area contributed by atoms with E-state index < -0.39 is 11.0 Å². The molecule has 0 spiro atoms. The van der Waals surface area contributed by atoms with Crippen LogP contribution in [0.1, 0.15) is 36.8 Å². The highest BCUT2D eigenvalue weighted by Gasteiger charge is 2.65. The van der Waals surface area contributed by atoms with Gasteiger partial charge in [-0.1, -0.05) is 0 Å². The first-order chi connectivity index (χ1) is 10.5. The number of fused-ring (bicyclic) bond motifs is 3. The smallest absolute Gasteiger partial charge is 0.211 e. The number of carbonyl (C=O) groups excluding carboxylic acids is 1. The summed E-state index contributed by atoms with van der Waals surface area (Å²) in [6, 6.07) is 1.76. The quantitative estimate of drug-likeness (QED) is 0.721. The zero-order chi connectivity index (χ0) is 15.3. The highest BCUT2D eigenvalue weighted by atomic mass is 16.6. The molecule has 2 aliphatic heterocycles. The van der Waals surface area contributed by atoms with E-state index in [-0.39, 0.29) is 17.6 Å². The largest absolute Gasteiger partial charge is 0.504 e. The van der Waals surface area contributed by atoms with Crippen LogP contribution in [0.5, 0.6) is 17.2 Å². The van der Waals surface area contributed by atoms with Crippen molar-refractivity contribution in [1.29, 1.82) is 0 Å². The number of rotatable bonds is 0. The molecule has 2 fully saturated rings. The van der Waals surface area contributed by atoms with Gasteiger partial charge >= 0.3 is 0 Å². The SMILES string of the molecule is CN1CC[C@]23CC(=O)CC[C@@]2(O)[C@H]1Cc1c3cc(O)c2c1O2. The van der Waals surface area contributed by atoms with Crippen LogP contribution in [0.25, 0.3) is 0 Å². The molecule has 2 bridgehead atoms. The fourth-order valence-corrected chi connectivity index (χ4v) is 5.29. The second-order valence-corrected chi connectivity index (χ2v) is 7.35. The average Bonchev–Trinajstić information content (AvgIpc) is 3.26. The van der Waals surface area contributed by atoms with Gasteiger partial charge in [-0.15, -0.1) is 0 Å². The molecule has 5 heteroatoms. The number of aromatic hydroxyl groups is 1. The first kappa shape index (κ1) is 12.9. The molecule has 2 heterocycles. The Morgan fingerprint density at radius 2 is 2.18 bits per heavy atom. The topological polar surface area (TPSA) is 73.3 Å². The maximum atomic E-state index is 12.2. The Morgan fingerprint density at radius 1 is 1.36 bits per heavy atom. The number of Topliss-reactive ketones (excluding diaryl/α,β-unsaturated/α-hetero) is 1. The van der Waals surface area contributed by atoms with Crippen LogP contribution in [-0.2, 0) is 16.6 Å². The number of piperidine rings is 1. The Labute approximate surface area is 128 Å². The molecule has 116 valence electrons. The van der Waals surface area contributed by atoms with Gasteiger partial charge in [0.2, 0.25) is 5.75 Å². The van der Waals surface area contributed by atoms with Crippen LogP contribution in [0, 0.1) is 0 Å². The van der Waals surface area contributed by atoms with Crippen molar-refractivity contribution < 1.29 is 19.7 Å². The van der Waals surface area contributed by atoms with E-state index in [0.717, 1.165) is 36.3 Å². The van der Waals surface area contributed by atoms with Crippen molar-refractivity contribution in [2.45, 2.75) is 49.2 Å². The molecule has 1 saturated carbocycles. The average molecular weight is 301 g/mol. The number of nitrogens with zero attached hydrogens (tertiary/aromatic N) is 1. The summed E-state index contributed by atoms with van der Waals surface area (Å²) in [6.45, 7) is 0.860. The van der Waals surface area contributed by atoms with E-state index in [1.54, 1.807) is 6.07 Å². The van der Waals surface area contributed by atoms with E-state index in [1.165, 1.54) is 0 Å². The van der Waals surface area contributed by atoms with Crippen molar-refractivity contribution in [2.75, 3.05) is 13.6 Å². The van der Waals surface area contributed by atoms with Gasteiger partial charge < -0.3 is 19.8 Å². The van der Waals surface area contributed by atoms with E-state index in [9.17, 15) is 15.0 Å². The van der Waals surface area contributed by atoms with Gasteiger partial charge in [-0.25, -0.2) is 0 Å². The van der Waals surface area contributed by atoms with Gasteiger partial charge in [-0.05, 0) is 44.5 Å². The number of hydrogen-bond acceptors (Lipinski definition) is 5. The molecule has 0 amide bonds. The molecule has 5 nitrogen and oxygen atoms in total. The molecule has 2 aliphatic carbocycles. The zero-order valence-corrected chi connectivity index (χ0v) is 12.6. The van der Waals surface area contributed by atoms with Crippen molar-refractivity contribution in [2.24, 2.45) is 0 Å². The number of carbonyl (C=O) groups is 1. The fraction of sp³-hybridized carbons (Fsp3) is 0.588. The van der Waals surface area contributed by atoms with Gasteiger partial charge in [0.1, 0.15) is 5.78 Å². The predicted molar refractivity (Wildman–Crippen MR) is 78.4 cm³/mol.